The van der Waals surface area contributed by atoms with Crippen molar-refractivity contribution in [3.63, 3.8) is 0 Å². The van der Waals surface area contributed by atoms with E-state index in [0.29, 0.717) is 31.0 Å². The normalized spacial score (nSPS) is 24.7. The number of rotatable bonds is 3. The molecule has 1 heterocycles. The van der Waals surface area contributed by atoms with Gasteiger partial charge in [-0.1, -0.05) is 0 Å². The summed E-state index contributed by atoms with van der Waals surface area (Å²) in [4.78, 5) is 0. The summed E-state index contributed by atoms with van der Waals surface area (Å²) in [7, 11) is 0. The van der Waals surface area contributed by atoms with Gasteiger partial charge in [-0.05, 0) is 32.6 Å². The second kappa shape index (κ2) is 5.48. The number of aliphatic hydroxyl groups excluding tert-OH is 1. The van der Waals surface area contributed by atoms with Crippen LogP contribution in [0.4, 0.5) is 13.2 Å². The lowest BCUT2D eigenvalue weighted by Crippen LogP contribution is -2.28. The van der Waals surface area contributed by atoms with Crippen LogP contribution in [0, 0.1) is 5.92 Å². The van der Waals surface area contributed by atoms with E-state index in [1.54, 1.807) is 4.57 Å². The molecular formula is C12H18F3N3O. The number of halogens is 3. The Labute approximate surface area is 109 Å². The van der Waals surface area contributed by atoms with Crippen molar-refractivity contribution in [1.82, 2.24) is 14.8 Å². The maximum atomic E-state index is 12.6. The van der Waals surface area contributed by atoms with Gasteiger partial charge >= 0.3 is 6.18 Å². The molecule has 19 heavy (non-hydrogen) atoms. The fourth-order valence-corrected chi connectivity index (χ4v) is 2.79. The molecule has 1 aliphatic rings. The Morgan fingerprint density at radius 3 is 2.32 bits per heavy atom. The molecular weight excluding hydrogens is 259 g/mol. The number of hydrogen-bond donors (Lipinski definition) is 1. The van der Waals surface area contributed by atoms with Crippen LogP contribution in [0.15, 0.2) is 0 Å². The lowest BCUT2D eigenvalue weighted by Gasteiger charge is -2.29. The molecule has 0 radical (unpaired) electrons. The molecule has 1 fully saturated rings. The molecule has 0 atom stereocenters. The van der Waals surface area contributed by atoms with Crippen molar-refractivity contribution in [3.8, 4) is 0 Å². The van der Waals surface area contributed by atoms with Gasteiger partial charge in [0.15, 0.2) is 5.82 Å². The first kappa shape index (κ1) is 14.3. The van der Waals surface area contributed by atoms with Gasteiger partial charge in [0.1, 0.15) is 12.4 Å². The van der Waals surface area contributed by atoms with E-state index < -0.39 is 12.1 Å². The minimum atomic E-state index is -4.08. The van der Waals surface area contributed by atoms with Crippen LogP contribution in [0.3, 0.4) is 0 Å². The Morgan fingerprint density at radius 2 is 1.84 bits per heavy atom. The van der Waals surface area contributed by atoms with Crippen LogP contribution in [0.25, 0.3) is 0 Å². The zero-order valence-corrected chi connectivity index (χ0v) is 10.8. The molecule has 1 aromatic rings. The molecule has 1 saturated carbocycles. The van der Waals surface area contributed by atoms with E-state index in [-0.39, 0.29) is 25.4 Å². The number of hydrogen-bond acceptors (Lipinski definition) is 3. The predicted octanol–water partition coefficient (Wildman–Crippen LogP) is 2.63. The van der Waals surface area contributed by atoms with E-state index in [4.69, 9.17) is 5.11 Å². The summed E-state index contributed by atoms with van der Waals surface area (Å²) in [5.74, 6) is 0.0352. The van der Waals surface area contributed by atoms with Crippen LogP contribution in [-0.2, 0) is 13.2 Å². The first-order valence-electron chi connectivity index (χ1n) is 6.56. The fourth-order valence-electron chi connectivity index (χ4n) is 2.79. The smallest absolute Gasteiger partial charge is 0.388 e. The van der Waals surface area contributed by atoms with Gasteiger partial charge in [0.2, 0.25) is 0 Å². The first-order valence-corrected chi connectivity index (χ1v) is 6.56. The minimum Gasteiger partial charge on any atom is -0.388 e. The van der Waals surface area contributed by atoms with Crippen molar-refractivity contribution in [2.75, 3.05) is 0 Å². The number of aliphatic hydroxyl groups is 1. The van der Waals surface area contributed by atoms with E-state index in [2.05, 4.69) is 10.2 Å². The molecule has 0 unspecified atom stereocenters. The second-order valence-corrected chi connectivity index (χ2v) is 4.97. The van der Waals surface area contributed by atoms with Gasteiger partial charge in [-0.3, -0.25) is 0 Å². The van der Waals surface area contributed by atoms with Gasteiger partial charge in [-0.25, -0.2) is 0 Å². The lowest BCUT2D eigenvalue weighted by molar-refractivity contribution is -0.182. The molecule has 2 rings (SSSR count). The highest BCUT2D eigenvalue weighted by molar-refractivity contribution is 5.03. The van der Waals surface area contributed by atoms with Gasteiger partial charge in [-0.2, -0.15) is 13.2 Å². The first-order chi connectivity index (χ1) is 8.97. The van der Waals surface area contributed by atoms with Crippen LogP contribution < -0.4 is 0 Å². The maximum absolute atomic E-state index is 12.6. The fraction of sp³-hybridized carbons (Fsp3) is 0.833. The largest absolute Gasteiger partial charge is 0.391 e. The van der Waals surface area contributed by atoms with E-state index >= 15 is 0 Å². The zero-order valence-electron chi connectivity index (χ0n) is 10.8. The number of aromatic nitrogens is 3. The van der Waals surface area contributed by atoms with E-state index in [1.807, 2.05) is 6.92 Å². The van der Waals surface area contributed by atoms with Gasteiger partial charge in [0, 0.05) is 12.5 Å². The molecule has 0 bridgehead atoms. The van der Waals surface area contributed by atoms with Crippen LogP contribution in [0.1, 0.15) is 50.2 Å². The highest BCUT2D eigenvalue weighted by atomic mass is 19.4. The third kappa shape index (κ3) is 2.91. The van der Waals surface area contributed by atoms with Crippen molar-refractivity contribution in [1.29, 1.82) is 0 Å². The van der Waals surface area contributed by atoms with E-state index in [1.165, 1.54) is 0 Å². The SMILES string of the molecule is CCn1c(CO)nnc1C1CCC(C(F)(F)F)CC1. The predicted molar refractivity (Wildman–Crippen MR) is 62.4 cm³/mol. The molecule has 0 aliphatic heterocycles. The lowest BCUT2D eigenvalue weighted by atomic mass is 9.81. The summed E-state index contributed by atoms with van der Waals surface area (Å²) in [6.45, 7) is 2.34. The second-order valence-electron chi connectivity index (χ2n) is 4.97. The molecule has 0 aromatic carbocycles. The third-order valence-corrected chi connectivity index (χ3v) is 3.87. The molecule has 1 aromatic heterocycles. The molecule has 4 nitrogen and oxygen atoms in total. The average molecular weight is 277 g/mol. The number of nitrogens with zero attached hydrogens (tertiary/aromatic N) is 3. The Bertz CT molecular complexity index is 422. The summed E-state index contributed by atoms with van der Waals surface area (Å²) in [5, 5.41) is 17.1. The van der Waals surface area contributed by atoms with E-state index in [0.717, 1.165) is 0 Å². The monoisotopic (exact) mass is 277 g/mol. The topological polar surface area (TPSA) is 50.9 Å². The molecule has 1 aliphatic carbocycles. The molecule has 7 heteroatoms. The quantitative estimate of drug-likeness (QED) is 0.924. The highest BCUT2D eigenvalue weighted by Gasteiger charge is 2.42. The summed E-state index contributed by atoms with van der Waals surface area (Å²) < 4.78 is 39.6. The van der Waals surface area contributed by atoms with Gasteiger partial charge < -0.3 is 9.67 Å². The zero-order chi connectivity index (χ0) is 14.0. The van der Waals surface area contributed by atoms with Crippen molar-refractivity contribution in [3.05, 3.63) is 11.6 Å². The van der Waals surface area contributed by atoms with E-state index in [9.17, 15) is 13.2 Å². The summed E-state index contributed by atoms with van der Waals surface area (Å²) in [5.41, 5.74) is 0. The maximum Gasteiger partial charge on any atom is 0.391 e. The van der Waals surface area contributed by atoms with Gasteiger partial charge in [-0.15, -0.1) is 10.2 Å². The van der Waals surface area contributed by atoms with Crippen molar-refractivity contribution in [2.45, 2.75) is 57.9 Å². The molecule has 1 N–H and O–H groups in total. The average Bonchev–Trinajstić information content (AvgIpc) is 2.80. The summed E-state index contributed by atoms with van der Waals surface area (Å²) in [6.07, 6.45) is -2.82. The van der Waals surface area contributed by atoms with Gasteiger partial charge in [0.25, 0.3) is 0 Å². The standard InChI is InChI=1S/C12H18F3N3O/c1-2-18-10(7-19)16-17-11(18)8-3-5-9(6-4-8)12(13,14)15/h8-9,19H,2-7H2,1H3. The third-order valence-electron chi connectivity index (χ3n) is 3.87. The van der Waals surface area contributed by atoms with Gasteiger partial charge in [0.05, 0.1) is 5.92 Å². The minimum absolute atomic E-state index is 0.0198. The highest BCUT2D eigenvalue weighted by Crippen LogP contribution is 2.42. The van der Waals surface area contributed by atoms with Crippen LogP contribution >= 0.6 is 0 Å². The Kier molecular flexibility index (Phi) is 4.13. The molecule has 0 saturated heterocycles. The Hall–Kier alpha value is -1.11. The Balaban J connectivity index is 2.08. The Morgan fingerprint density at radius 1 is 1.21 bits per heavy atom. The summed E-state index contributed by atoms with van der Waals surface area (Å²) >= 11 is 0. The number of alkyl halides is 3. The molecule has 0 amide bonds. The van der Waals surface area contributed by atoms with Crippen LogP contribution in [0.2, 0.25) is 0 Å². The molecule has 0 spiro atoms. The van der Waals surface area contributed by atoms with Crippen molar-refractivity contribution < 1.29 is 18.3 Å². The summed E-state index contributed by atoms with van der Waals surface area (Å²) in [6, 6.07) is 0. The van der Waals surface area contributed by atoms with Crippen molar-refractivity contribution >= 4 is 0 Å². The van der Waals surface area contributed by atoms with Crippen LogP contribution in [0.5, 0.6) is 0 Å². The van der Waals surface area contributed by atoms with Crippen LogP contribution in [-0.4, -0.2) is 26.0 Å². The molecule has 108 valence electrons. The van der Waals surface area contributed by atoms with Crippen molar-refractivity contribution in [2.24, 2.45) is 5.92 Å².